The maximum absolute atomic E-state index is 12.4. The van der Waals surface area contributed by atoms with Crippen LogP contribution in [0.2, 0.25) is 5.02 Å². The van der Waals surface area contributed by atoms with E-state index in [0.717, 1.165) is 78.5 Å². The number of fused-ring (bicyclic) bond motifs is 1. The fraction of sp³-hybridized carbons (Fsp3) is 0.414. The van der Waals surface area contributed by atoms with Gasteiger partial charge in [0.25, 0.3) is 5.56 Å². The van der Waals surface area contributed by atoms with Gasteiger partial charge in [-0.2, -0.15) is 0 Å². The summed E-state index contributed by atoms with van der Waals surface area (Å²) in [5.74, 6) is 1.42. The number of hydrogen-bond acceptors (Lipinski definition) is 5. The summed E-state index contributed by atoms with van der Waals surface area (Å²) in [6.07, 6.45) is 2.77. The van der Waals surface area contributed by atoms with Crippen molar-refractivity contribution in [2.45, 2.75) is 39.8 Å². The number of rotatable bonds is 11. The van der Waals surface area contributed by atoms with E-state index in [1.165, 1.54) is 0 Å². The zero-order chi connectivity index (χ0) is 25.5. The van der Waals surface area contributed by atoms with Crippen molar-refractivity contribution >= 4 is 28.2 Å². The standard InChI is InChI=1S/C29H36ClN3O3/c1-4-23(3)36-21-33-27-20-25(12-10-24(27)11-13-28(33)34)35-19-6-5-14-31-15-17-32(18-16-31)26-9-7-8-22(2)29(26)30/h7-13,20H,3-6,14-19,21H2,1-2H3. The number of anilines is 1. The summed E-state index contributed by atoms with van der Waals surface area (Å²) in [7, 11) is 0. The molecule has 36 heavy (non-hydrogen) atoms. The molecule has 0 N–H and O–H groups in total. The number of halogens is 1. The molecule has 0 spiro atoms. The van der Waals surface area contributed by atoms with Gasteiger partial charge >= 0.3 is 0 Å². The second-order valence-electron chi connectivity index (χ2n) is 9.28. The van der Waals surface area contributed by atoms with E-state index in [1.54, 1.807) is 10.6 Å². The van der Waals surface area contributed by atoms with E-state index in [1.807, 2.05) is 31.2 Å². The summed E-state index contributed by atoms with van der Waals surface area (Å²) in [5, 5.41) is 1.84. The van der Waals surface area contributed by atoms with Crippen molar-refractivity contribution in [2.75, 3.05) is 44.2 Å². The molecule has 3 aromatic rings. The molecule has 2 heterocycles. The highest BCUT2D eigenvalue weighted by atomic mass is 35.5. The summed E-state index contributed by atoms with van der Waals surface area (Å²) in [5.41, 5.74) is 2.97. The SMILES string of the molecule is C=C(CC)OCn1c(=O)ccc2ccc(OCCCCN3CCN(c4cccc(C)c4Cl)CC3)cc21. The molecular formula is C29H36ClN3O3. The molecule has 0 saturated carbocycles. The Hall–Kier alpha value is -2.96. The van der Waals surface area contributed by atoms with Crippen molar-refractivity contribution in [1.82, 2.24) is 9.47 Å². The third kappa shape index (κ3) is 6.42. The lowest BCUT2D eigenvalue weighted by atomic mass is 10.2. The van der Waals surface area contributed by atoms with E-state index in [-0.39, 0.29) is 12.3 Å². The maximum atomic E-state index is 12.4. The van der Waals surface area contributed by atoms with Crippen LogP contribution in [0.25, 0.3) is 10.9 Å². The van der Waals surface area contributed by atoms with Crippen LogP contribution in [-0.2, 0) is 11.5 Å². The van der Waals surface area contributed by atoms with Crippen LogP contribution < -0.4 is 15.2 Å². The first-order valence-corrected chi connectivity index (χ1v) is 13.1. The molecule has 192 valence electrons. The van der Waals surface area contributed by atoms with Gasteiger partial charge in [-0.1, -0.05) is 37.2 Å². The molecule has 2 aromatic carbocycles. The minimum Gasteiger partial charge on any atom is -0.494 e. The van der Waals surface area contributed by atoms with E-state index in [2.05, 4.69) is 41.5 Å². The highest BCUT2D eigenvalue weighted by Crippen LogP contribution is 2.29. The lowest BCUT2D eigenvalue weighted by Gasteiger charge is -2.36. The Morgan fingerprint density at radius 1 is 1.06 bits per heavy atom. The monoisotopic (exact) mass is 509 g/mol. The van der Waals surface area contributed by atoms with Gasteiger partial charge in [0, 0.05) is 44.7 Å². The van der Waals surface area contributed by atoms with E-state index in [9.17, 15) is 4.79 Å². The van der Waals surface area contributed by atoms with Gasteiger partial charge in [-0.3, -0.25) is 14.3 Å². The Balaban J connectivity index is 1.23. The molecule has 1 aliphatic heterocycles. The largest absolute Gasteiger partial charge is 0.494 e. The zero-order valence-electron chi connectivity index (χ0n) is 21.3. The summed E-state index contributed by atoms with van der Waals surface area (Å²) >= 11 is 6.52. The zero-order valence-corrected chi connectivity index (χ0v) is 22.1. The minimum atomic E-state index is -0.103. The molecular weight excluding hydrogens is 474 g/mol. The quantitative estimate of drug-likeness (QED) is 0.240. The molecule has 0 unspecified atom stereocenters. The van der Waals surface area contributed by atoms with Crippen LogP contribution in [0.5, 0.6) is 5.75 Å². The topological polar surface area (TPSA) is 46.9 Å². The Bertz CT molecular complexity index is 1250. The lowest BCUT2D eigenvalue weighted by Crippen LogP contribution is -2.46. The Morgan fingerprint density at radius 3 is 2.61 bits per heavy atom. The Kier molecular flexibility index (Phi) is 8.94. The molecule has 0 aliphatic carbocycles. The smallest absolute Gasteiger partial charge is 0.253 e. The molecule has 0 radical (unpaired) electrons. The number of allylic oxidation sites excluding steroid dienone is 1. The van der Waals surface area contributed by atoms with Gasteiger partial charge in [0.1, 0.15) is 5.75 Å². The number of nitrogens with zero attached hydrogens (tertiary/aromatic N) is 3. The molecule has 0 bridgehead atoms. The molecule has 0 amide bonds. The van der Waals surface area contributed by atoms with Crippen LogP contribution in [-0.4, -0.2) is 48.8 Å². The van der Waals surface area contributed by atoms with Gasteiger partial charge in [-0.15, -0.1) is 0 Å². The van der Waals surface area contributed by atoms with Crippen LogP contribution in [0.3, 0.4) is 0 Å². The first kappa shape index (κ1) is 26.1. The van der Waals surface area contributed by atoms with Gasteiger partial charge in [-0.05, 0) is 61.5 Å². The van der Waals surface area contributed by atoms with Crippen molar-refractivity contribution < 1.29 is 9.47 Å². The molecule has 6 nitrogen and oxygen atoms in total. The lowest BCUT2D eigenvalue weighted by molar-refractivity contribution is 0.140. The second-order valence-corrected chi connectivity index (χ2v) is 9.66. The third-order valence-corrected chi connectivity index (χ3v) is 7.27. The van der Waals surface area contributed by atoms with Gasteiger partial charge in [0.05, 0.1) is 28.6 Å². The number of pyridine rings is 1. The van der Waals surface area contributed by atoms with Crippen LogP contribution in [0.4, 0.5) is 5.69 Å². The van der Waals surface area contributed by atoms with Gasteiger partial charge in [0.2, 0.25) is 0 Å². The molecule has 1 saturated heterocycles. The summed E-state index contributed by atoms with van der Waals surface area (Å²) in [4.78, 5) is 17.3. The van der Waals surface area contributed by atoms with Gasteiger partial charge in [-0.25, -0.2) is 0 Å². The highest BCUT2D eigenvalue weighted by molar-refractivity contribution is 6.34. The van der Waals surface area contributed by atoms with Crippen LogP contribution >= 0.6 is 11.6 Å². The average Bonchev–Trinajstić information content (AvgIpc) is 2.89. The van der Waals surface area contributed by atoms with E-state index < -0.39 is 0 Å². The van der Waals surface area contributed by atoms with Crippen LogP contribution in [0, 0.1) is 6.92 Å². The van der Waals surface area contributed by atoms with Gasteiger partial charge in [0.15, 0.2) is 6.73 Å². The average molecular weight is 510 g/mol. The van der Waals surface area contributed by atoms with Crippen molar-refractivity contribution in [2.24, 2.45) is 0 Å². The van der Waals surface area contributed by atoms with Crippen molar-refractivity contribution in [3.63, 3.8) is 0 Å². The molecule has 1 fully saturated rings. The number of aromatic nitrogens is 1. The number of ether oxygens (including phenoxy) is 2. The fourth-order valence-electron chi connectivity index (χ4n) is 4.46. The van der Waals surface area contributed by atoms with E-state index in [4.69, 9.17) is 21.1 Å². The third-order valence-electron chi connectivity index (χ3n) is 6.78. The van der Waals surface area contributed by atoms with Crippen molar-refractivity contribution in [3.8, 4) is 5.75 Å². The summed E-state index contributed by atoms with van der Waals surface area (Å²) in [6, 6.07) is 15.5. The summed E-state index contributed by atoms with van der Waals surface area (Å²) in [6.45, 7) is 13.8. The first-order chi connectivity index (χ1) is 17.5. The predicted octanol–water partition coefficient (Wildman–Crippen LogP) is 5.84. The Labute approximate surface area is 218 Å². The molecule has 7 heteroatoms. The molecule has 4 rings (SSSR count). The number of aryl methyl sites for hydroxylation is 1. The Morgan fingerprint density at radius 2 is 1.83 bits per heavy atom. The van der Waals surface area contributed by atoms with Crippen LogP contribution in [0.15, 0.2) is 65.7 Å². The first-order valence-electron chi connectivity index (χ1n) is 12.8. The summed E-state index contributed by atoms with van der Waals surface area (Å²) < 4.78 is 13.3. The van der Waals surface area contributed by atoms with E-state index in [0.29, 0.717) is 18.8 Å². The van der Waals surface area contributed by atoms with E-state index >= 15 is 0 Å². The fourth-order valence-corrected chi connectivity index (χ4v) is 4.71. The number of benzene rings is 2. The second kappa shape index (κ2) is 12.3. The molecule has 0 atom stereocenters. The number of unbranched alkanes of at least 4 members (excludes halogenated alkanes) is 1. The number of hydrogen-bond donors (Lipinski definition) is 0. The normalized spacial score (nSPS) is 14.2. The minimum absolute atomic E-state index is 0.103. The predicted molar refractivity (Wildman–Crippen MR) is 148 cm³/mol. The molecule has 1 aliphatic rings. The molecule has 1 aromatic heterocycles. The van der Waals surface area contributed by atoms with Crippen molar-refractivity contribution in [1.29, 1.82) is 0 Å². The van der Waals surface area contributed by atoms with Gasteiger partial charge < -0.3 is 14.4 Å². The maximum Gasteiger partial charge on any atom is 0.253 e. The highest BCUT2D eigenvalue weighted by Gasteiger charge is 2.19. The van der Waals surface area contributed by atoms with Crippen LogP contribution in [0.1, 0.15) is 31.7 Å². The number of piperazine rings is 1. The van der Waals surface area contributed by atoms with Crippen molar-refractivity contribution in [3.05, 3.63) is 81.8 Å².